The molecule has 0 aliphatic heterocycles. The van der Waals surface area contributed by atoms with Gasteiger partial charge in [0.05, 0.1) is 5.57 Å². The van der Waals surface area contributed by atoms with Gasteiger partial charge in [0.1, 0.15) is 11.7 Å². The van der Waals surface area contributed by atoms with Crippen LogP contribution in [0.5, 0.6) is 0 Å². The summed E-state index contributed by atoms with van der Waals surface area (Å²) in [4.78, 5) is 41.9. The maximum absolute atomic E-state index is 14.7. The van der Waals surface area contributed by atoms with Crippen LogP contribution in [0.15, 0.2) is 23.3 Å². The van der Waals surface area contributed by atoms with Crippen LogP contribution in [-0.2, 0) is 14.4 Å². The molecule has 0 saturated heterocycles. The number of carbonyl (C=O) groups excluding carboxylic acids is 3. The maximum Gasteiger partial charge on any atom is 0.225 e. The van der Waals surface area contributed by atoms with Gasteiger partial charge in [-0.2, -0.15) is 5.26 Å². The first-order valence-electron chi connectivity index (χ1n) is 17.1. The van der Waals surface area contributed by atoms with Crippen molar-refractivity contribution in [2.75, 3.05) is 6.54 Å². The van der Waals surface area contributed by atoms with E-state index in [9.17, 15) is 24.8 Å². The Balaban J connectivity index is 1.58. The number of hydrogen-bond acceptors (Lipinski definition) is 5. The quantitative estimate of drug-likeness (QED) is 0.343. The predicted molar refractivity (Wildman–Crippen MR) is 172 cm³/mol. The fourth-order valence-corrected chi connectivity index (χ4v) is 11.3. The van der Waals surface area contributed by atoms with Crippen molar-refractivity contribution >= 4 is 17.5 Å². The number of hydrogen-bond donors (Lipinski definition) is 2. The van der Waals surface area contributed by atoms with Crippen molar-refractivity contribution in [1.82, 2.24) is 5.32 Å². The molecule has 3 saturated carbocycles. The standard InChI is InChI=1S/C38H56N2O4/c1-11-13-31(2,3)23-40-30(43)34(7)16-15-33(6)17-18-37(10)36(9)14-12-25-32(4,5)29(42)24(22-39)20-35(25,8)26(36)19-28(41)38(37,44)27(33)21-34/h19-20,25,27,44H,11-18,21,23H2,1-10H3,(H,40,43)/t25-,27+,33+,34-,35-,36+,37-,38+/m0/s1. The third kappa shape index (κ3) is 4.16. The van der Waals surface area contributed by atoms with E-state index in [0.29, 0.717) is 19.4 Å². The zero-order valence-electron chi connectivity index (χ0n) is 29.0. The van der Waals surface area contributed by atoms with Crippen molar-refractivity contribution in [3.63, 3.8) is 0 Å². The first-order valence-corrected chi connectivity index (χ1v) is 17.1. The molecule has 0 aromatic rings. The van der Waals surface area contributed by atoms with Crippen LogP contribution in [0.4, 0.5) is 0 Å². The summed E-state index contributed by atoms with van der Waals surface area (Å²) >= 11 is 0. The molecule has 1 amide bonds. The minimum Gasteiger partial charge on any atom is -0.381 e. The van der Waals surface area contributed by atoms with Crippen molar-refractivity contribution in [1.29, 1.82) is 5.26 Å². The lowest BCUT2D eigenvalue weighted by atomic mass is 9.33. The highest BCUT2D eigenvalue weighted by molar-refractivity contribution is 6.05. The second-order valence-electron chi connectivity index (χ2n) is 18.0. The van der Waals surface area contributed by atoms with E-state index in [-0.39, 0.29) is 45.7 Å². The van der Waals surface area contributed by atoms with E-state index in [1.807, 2.05) is 26.8 Å². The molecule has 6 heteroatoms. The lowest BCUT2D eigenvalue weighted by Gasteiger charge is -2.71. The number of ketones is 2. The van der Waals surface area contributed by atoms with Crippen LogP contribution < -0.4 is 5.32 Å². The topological polar surface area (TPSA) is 107 Å². The molecule has 2 N–H and O–H groups in total. The van der Waals surface area contributed by atoms with Gasteiger partial charge in [-0.1, -0.05) is 81.7 Å². The van der Waals surface area contributed by atoms with Gasteiger partial charge < -0.3 is 10.4 Å². The summed E-state index contributed by atoms with van der Waals surface area (Å²) in [7, 11) is 0. The van der Waals surface area contributed by atoms with Crippen molar-refractivity contribution in [2.45, 2.75) is 133 Å². The van der Waals surface area contributed by atoms with E-state index in [4.69, 9.17) is 0 Å². The number of nitriles is 1. The van der Waals surface area contributed by atoms with E-state index >= 15 is 0 Å². The normalized spacial score (nSPS) is 44.6. The average molecular weight is 605 g/mol. The van der Waals surface area contributed by atoms with Crippen LogP contribution in [0.1, 0.15) is 127 Å². The molecule has 6 nitrogen and oxygen atoms in total. The SMILES string of the molecule is CCCC(C)(C)CNC(=O)[C@@]1(C)CC[C@]2(C)CC[C@@]3(C)[C@]4(C)CC[C@H]5C(C)(C)C(=O)C(C#N)=C[C@]5(C)C4=CC(=O)[C@]3(O)[C@@H]2C1. The minimum atomic E-state index is -1.62. The number of nitrogens with zero attached hydrogens (tertiary/aromatic N) is 1. The van der Waals surface area contributed by atoms with Crippen molar-refractivity contribution in [2.24, 2.45) is 49.7 Å². The molecule has 242 valence electrons. The number of aliphatic hydroxyl groups is 1. The third-order valence-corrected chi connectivity index (χ3v) is 14.5. The van der Waals surface area contributed by atoms with E-state index in [2.05, 4.69) is 59.9 Å². The summed E-state index contributed by atoms with van der Waals surface area (Å²) in [5.41, 5.74) is -4.06. The minimum absolute atomic E-state index is 0.00773. The molecule has 5 aliphatic rings. The zero-order chi connectivity index (χ0) is 32.9. The molecule has 0 heterocycles. The Hall–Kier alpha value is -2.26. The molecule has 0 aromatic heterocycles. The van der Waals surface area contributed by atoms with Crippen LogP contribution in [0.3, 0.4) is 0 Å². The van der Waals surface area contributed by atoms with Gasteiger partial charge in [0, 0.05) is 34.1 Å². The number of Topliss-reactive ketones (excluding diaryl/α,β-unsaturated/α-hetero) is 1. The highest BCUT2D eigenvalue weighted by Gasteiger charge is 2.75. The van der Waals surface area contributed by atoms with Crippen LogP contribution >= 0.6 is 0 Å². The largest absolute Gasteiger partial charge is 0.381 e. The fraction of sp³-hybridized carbons (Fsp3) is 0.789. The summed E-state index contributed by atoms with van der Waals surface area (Å²) < 4.78 is 0. The number of rotatable bonds is 5. The molecule has 5 aliphatic carbocycles. The molecular weight excluding hydrogens is 548 g/mol. The Bertz CT molecular complexity index is 1400. The smallest absolute Gasteiger partial charge is 0.225 e. The molecule has 0 aromatic carbocycles. The number of allylic oxidation sites excluding steroid dienone is 3. The van der Waals surface area contributed by atoms with E-state index in [1.54, 1.807) is 6.08 Å². The van der Waals surface area contributed by atoms with E-state index in [1.165, 1.54) is 0 Å². The van der Waals surface area contributed by atoms with Crippen molar-refractivity contribution in [3.05, 3.63) is 23.3 Å². The van der Waals surface area contributed by atoms with Crippen LogP contribution in [0, 0.1) is 61.1 Å². The Morgan fingerprint density at radius 1 is 1.02 bits per heavy atom. The van der Waals surface area contributed by atoms with Crippen molar-refractivity contribution in [3.8, 4) is 6.07 Å². The second-order valence-corrected chi connectivity index (χ2v) is 18.0. The second kappa shape index (κ2) is 9.87. The summed E-state index contributed by atoms with van der Waals surface area (Å²) in [5.74, 6) is -0.761. The Labute approximate surface area is 265 Å². The molecule has 5 rings (SSSR count). The monoisotopic (exact) mass is 604 g/mol. The van der Waals surface area contributed by atoms with Crippen LogP contribution in [0.25, 0.3) is 0 Å². The highest BCUT2D eigenvalue weighted by Crippen LogP contribution is 2.75. The van der Waals surface area contributed by atoms with Gasteiger partial charge >= 0.3 is 0 Å². The number of amides is 1. The Morgan fingerprint density at radius 3 is 2.27 bits per heavy atom. The third-order valence-electron chi connectivity index (χ3n) is 14.5. The number of nitrogens with one attached hydrogen (secondary N) is 1. The first kappa shape index (κ1) is 33.1. The Kier molecular flexibility index (Phi) is 7.43. The highest BCUT2D eigenvalue weighted by atomic mass is 16.3. The molecule has 44 heavy (non-hydrogen) atoms. The van der Waals surface area contributed by atoms with Gasteiger partial charge in [-0.25, -0.2) is 0 Å². The van der Waals surface area contributed by atoms with Gasteiger partial charge in [0.25, 0.3) is 0 Å². The summed E-state index contributed by atoms with van der Waals surface area (Å²) in [6.07, 6.45) is 10.8. The van der Waals surface area contributed by atoms with Crippen LogP contribution in [0.2, 0.25) is 0 Å². The maximum atomic E-state index is 14.7. The number of fused-ring (bicyclic) bond motifs is 7. The number of carbonyl (C=O) groups is 3. The summed E-state index contributed by atoms with van der Waals surface area (Å²) in [6, 6.07) is 2.16. The van der Waals surface area contributed by atoms with Gasteiger partial charge in [-0.3, -0.25) is 14.4 Å². The lowest BCUT2D eigenvalue weighted by molar-refractivity contribution is -0.242. The van der Waals surface area contributed by atoms with Crippen LogP contribution in [-0.4, -0.2) is 34.7 Å². The van der Waals surface area contributed by atoms with Gasteiger partial charge in [0.15, 0.2) is 11.6 Å². The summed E-state index contributed by atoms with van der Waals surface area (Å²) in [6.45, 7) is 21.7. The predicted octanol–water partition coefficient (Wildman–Crippen LogP) is 7.26. The molecular formula is C38H56N2O4. The molecule has 0 radical (unpaired) electrons. The Morgan fingerprint density at radius 2 is 1.66 bits per heavy atom. The van der Waals surface area contributed by atoms with E-state index < -0.39 is 32.7 Å². The molecule has 0 unspecified atom stereocenters. The zero-order valence-corrected chi connectivity index (χ0v) is 29.0. The van der Waals surface area contributed by atoms with E-state index in [0.717, 1.165) is 50.5 Å². The molecule has 8 atom stereocenters. The van der Waals surface area contributed by atoms with Gasteiger partial charge in [-0.05, 0) is 85.2 Å². The average Bonchev–Trinajstić information content (AvgIpc) is 2.94. The van der Waals surface area contributed by atoms with Gasteiger partial charge in [0.2, 0.25) is 5.91 Å². The molecule has 0 spiro atoms. The summed E-state index contributed by atoms with van der Waals surface area (Å²) in [5, 5.41) is 26.3. The molecule has 0 bridgehead atoms. The van der Waals surface area contributed by atoms with Crippen molar-refractivity contribution < 1.29 is 19.5 Å². The lowest BCUT2D eigenvalue weighted by Crippen LogP contribution is -2.74. The first-order chi connectivity index (χ1) is 20.1. The fourth-order valence-electron chi connectivity index (χ4n) is 11.3. The molecule has 3 fully saturated rings. The van der Waals surface area contributed by atoms with Gasteiger partial charge in [-0.15, -0.1) is 0 Å².